The molecule has 126 valence electrons. The van der Waals surface area contributed by atoms with Gasteiger partial charge in [0.25, 0.3) is 0 Å². The van der Waals surface area contributed by atoms with E-state index in [1.54, 1.807) is 11.3 Å². The summed E-state index contributed by atoms with van der Waals surface area (Å²) >= 11 is 1.60. The van der Waals surface area contributed by atoms with E-state index < -0.39 is 16.1 Å². The minimum Gasteiger partial charge on any atom is -0.391 e. The average molecular weight is 356 g/mol. The van der Waals surface area contributed by atoms with E-state index in [9.17, 15) is 13.5 Å². The van der Waals surface area contributed by atoms with Crippen LogP contribution in [-0.4, -0.2) is 66.8 Å². The molecule has 1 aliphatic heterocycles. The third-order valence-electron chi connectivity index (χ3n) is 4.12. The lowest BCUT2D eigenvalue weighted by molar-refractivity contribution is 0.157. The van der Waals surface area contributed by atoms with Crippen molar-refractivity contribution < 1.29 is 13.5 Å². The van der Waals surface area contributed by atoms with Gasteiger partial charge in [-0.2, -0.15) is 0 Å². The molecule has 0 saturated carbocycles. The highest BCUT2D eigenvalue weighted by molar-refractivity contribution is 7.89. The average Bonchev–Trinajstić information content (AvgIpc) is 3.00. The quantitative estimate of drug-likeness (QED) is 0.867. The van der Waals surface area contributed by atoms with Gasteiger partial charge in [-0.05, 0) is 13.0 Å². The first-order valence-electron chi connectivity index (χ1n) is 7.32. The minimum absolute atomic E-state index is 0.0610. The van der Waals surface area contributed by atoms with Gasteiger partial charge in [0, 0.05) is 38.0 Å². The van der Waals surface area contributed by atoms with Crippen molar-refractivity contribution in [3.8, 4) is 0 Å². The van der Waals surface area contributed by atoms with Crippen LogP contribution in [0.5, 0.6) is 0 Å². The zero-order chi connectivity index (χ0) is 16.8. The number of thiophene rings is 1. The standard InChI is InChI=1S/C14H20N4O3S2/c1-9-4-11-13(15-8-16-14(11)22-9)18-5-10(12(19)6-18)7-23(20,21)17(2)3/h4,8,10,12,19H,5-7H2,1-3H3/t10-,12+/m0/s1. The van der Waals surface area contributed by atoms with E-state index in [1.807, 2.05) is 17.9 Å². The second kappa shape index (κ2) is 5.97. The molecule has 0 aromatic carbocycles. The van der Waals surface area contributed by atoms with Gasteiger partial charge in [0.2, 0.25) is 10.0 Å². The van der Waals surface area contributed by atoms with Gasteiger partial charge in [0.05, 0.1) is 17.2 Å². The number of sulfonamides is 1. The van der Waals surface area contributed by atoms with Gasteiger partial charge in [-0.15, -0.1) is 11.3 Å². The first-order chi connectivity index (χ1) is 10.8. The lowest BCUT2D eigenvalue weighted by Crippen LogP contribution is -2.33. The van der Waals surface area contributed by atoms with Gasteiger partial charge in [-0.3, -0.25) is 0 Å². The SMILES string of the molecule is Cc1cc2c(N3C[C@@H](CS(=O)(=O)N(C)C)[C@H](O)C3)ncnc2s1. The van der Waals surface area contributed by atoms with Gasteiger partial charge in [-0.25, -0.2) is 22.7 Å². The van der Waals surface area contributed by atoms with Crippen LogP contribution >= 0.6 is 11.3 Å². The molecule has 2 aromatic rings. The maximum Gasteiger partial charge on any atom is 0.214 e. The van der Waals surface area contributed by atoms with Crippen molar-refractivity contribution in [2.24, 2.45) is 5.92 Å². The Morgan fingerprint density at radius 2 is 2.13 bits per heavy atom. The van der Waals surface area contributed by atoms with Crippen LogP contribution in [0.25, 0.3) is 10.2 Å². The number of aliphatic hydroxyl groups is 1. The molecule has 2 atom stereocenters. The van der Waals surface area contributed by atoms with Gasteiger partial charge in [-0.1, -0.05) is 0 Å². The van der Waals surface area contributed by atoms with E-state index in [2.05, 4.69) is 9.97 Å². The molecule has 1 N–H and O–H groups in total. The van der Waals surface area contributed by atoms with E-state index in [0.717, 1.165) is 20.9 Å². The first kappa shape index (κ1) is 16.6. The Hall–Kier alpha value is -1.29. The molecule has 3 heterocycles. The Bertz CT molecular complexity index is 819. The molecule has 0 aliphatic carbocycles. The molecule has 7 nitrogen and oxygen atoms in total. The Kier molecular flexibility index (Phi) is 4.30. The summed E-state index contributed by atoms with van der Waals surface area (Å²) in [7, 11) is -0.322. The van der Waals surface area contributed by atoms with Gasteiger partial charge in [0.1, 0.15) is 17.0 Å². The fourth-order valence-corrected chi connectivity index (χ4v) is 4.83. The number of β-amino-alcohol motifs (C(OH)–C–C–N with tert-alkyl or cyclic N) is 1. The number of aryl methyl sites for hydroxylation is 1. The van der Waals surface area contributed by atoms with Crippen LogP contribution in [-0.2, 0) is 10.0 Å². The summed E-state index contributed by atoms with van der Waals surface area (Å²) in [6, 6.07) is 2.03. The number of anilines is 1. The van der Waals surface area contributed by atoms with Crippen molar-refractivity contribution >= 4 is 37.4 Å². The number of nitrogens with zero attached hydrogens (tertiary/aromatic N) is 4. The zero-order valence-corrected chi connectivity index (χ0v) is 14.9. The highest BCUT2D eigenvalue weighted by Crippen LogP contribution is 2.32. The third kappa shape index (κ3) is 3.18. The largest absolute Gasteiger partial charge is 0.391 e. The maximum absolute atomic E-state index is 12.1. The van der Waals surface area contributed by atoms with Crippen LogP contribution in [0.4, 0.5) is 5.82 Å². The highest BCUT2D eigenvalue weighted by atomic mass is 32.2. The molecule has 2 aromatic heterocycles. The van der Waals surface area contributed by atoms with Crippen molar-refractivity contribution in [3.63, 3.8) is 0 Å². The number of rotatable bonds is 4. The van der Waals surface area contributed by atoms with Crippen molar-refractivity contribution in [1.29, 1.82) is 0 Å². The summed E-state index contributed by atoms with van der Waals surface area (Å²) < 4.78 is 25.3. The third-order valence-corrected chi connectivity index (χ3v) is 7.04. The van der Waals surface area contributed by atoms with Crippen LogP contribution in [0.3, 0.4) is 0 Å². The van der Waals surface area contributed by atoms with Crippen molar-refractivity contribution in [2.75, 3.05) is 37.8 Å². The van der Waals surface area contributed by atoms with Gasteiger partial charge < -0.3 is 10.0 Å². The summed E-state index contributed by atoms with van der Waals surface area (Å²) in [5, 5.41) is 11.2. The number of fused-ring (bicyclic) bond motifs is 1. The molecule has 1 saturated heterocycles. The molecule has 9 heteroatoms. The summed E-state index contributed by atoms with van der Waals surface area (Å²) in [4.78, 5) is 12.6. The van der Waals surface area contributed by atoms with Gasteiger partial charge in [0.15, 0.2) is 0 Å². The first-order valence-corrected chi connectivity index (χ1v) is 9.75. The van der Waals surface area contributed by atoms with Crippen LogP contribution in [0.15, 0.2) is 12.4 Å². The molecular weight excluding hydrogens is 336 g/mol. The Labute approximate surface area is 139 Å². The fraction of sp³-hybridized carbons (Fsp3) is 0.571. The summed E-state index contributed by atoms with van der Waals surface area (Å²) in [6.45, 7) is 2.87. The summed E-state index contributed by atoms with van der Waals surface area (Å²) in [6.07, 6.45) is 0.832. The Morgan fingerprint density at radius 1 is 1.39 bits per heavy atom. The van der Waals surface area contributed by atoms with Crippen molar-refractivity contribution in [1.82, 2.24) is 14.3 Å². The predicted molar refractivity (Wildman–Crippen MR) is 91.3 cm³/mol. The number of aromatic nitrogens is 2. The smallest absolute Gasteiger partial charge is 0.214 e. The molecule has 0 spiro atoms. The molecule has 0 radical (unpaired) electrons. The molecule has 1 aliphatic rings. The number of hydrogen-bond donors (Lipinski definition) is 1. The Morgan fingerprint density at radius 3 is 2.83 bits per heavy atom. The molecule has 23 heavy (non-hydrogen) atoms. The molecule has 0 unspecified atom stereocenters. The molecule has 0 amide bonds. The van der Waals surface area contributed by atoms with E-state index in [4.69, 9.17) is 0 Å². The maximum atomic E-state index is 12.1. The van der Waals surface area contributed by atoms with Crippen molar-refractivity contribution in [3.05, 3.63) is 17.3 Å². The van der Waals surface area contributed by atoms with Crippen molar-refractivity contribution in [2.45, 2.75) is 13.0 Å². The summed E-state index contributed by atoms with van der Waals surface area (Å²) in [5.41, 5.74) is 0. The zero-order valence-electron chi connectivity index (χ0n) is 13.3. The molecule has 0 bridgehead atoms. The van der Waals surface area contributed by atoms with E-state index in [-0.39, 0.29) is 11.7 Å². The monoisotopic (exact) mass is 356 g/mol. The summed E-state index contributed by atoms with van der Waals surface area (Å²) in [5.74, 6) is 0.379. The van der Waals surface area contributed by atoms with Crippen LogP contribution in [0, 0.1) is 12.8 Å². The van der Waals surface area contributed by atoms with Crippen LogP contribution in [0.2, 0.25) is 0 Å². The molecule has 3 rings (SSSR count). The lowest BCUT2D eigenvalue weighted by atomic mass is 10.1. The van der Waals surface area contributed by atoms with E-state index in [0.29, 0.717) is 13.1 Å². The fourth-order valence-electron chi connectivity index (χ4n) is 2.83. The van der Waals surface area contributed by atoms with E-state index >= 15 is 0 Å². The Balaban J connectivity index is 1.85. The normalized spacial score (nSPS) is 22.4. The predicted octanol–water partition coefficient (Wildman–Crippen LogP) is 0.688. The number of hydrogen-bond acceptors (Lipinski definition) is 7. The molecule has 1 fully saturated rings. The second-order valence-electron chi connectivity index (χ2n) is 6.07. The van der Waals surface area contributed by atoms with E-state index in [1.165, 1.54) is 24.7 Å². The molecular formula is C14H20N4O3S2. The van der Waals surface area contributed by atoms with Gasteiger partial charge >= 0.3 is 0 Å². The van der Waals surface area contributed by atoms with Crippen LogP contribution in [0.1, 0.15) is 4.88 Å². The lowest BCUT2D eigenvalue weighted by Gasteiger charge is -2.18. The highest BCUT2D eigenvalue weighted by Gasteiger charge is 2.36. The topological polar surface area (TPSA) is 86.6 Å². The minimum atomic E-state index is -3.34. The number of aliphatic hydroxyl groups excluding tert-OH is 1. The second-order valence-corrected chi connectivity index (χ2v) is 9.53. The van der Waals surface area contributed by atoms with Crippen LogP contribution < -0.4 is 4.90 Å².